The third-order valence-corrected chi connectivity index (χ3v) is 3.87. The van der Waals surface area contributed by atoms with Crippen LogP contribution in [0, 0.1) is 24.1 Å². The lowest BCUT2D eigenvalue weighted by Crippen LogP contribution is -2.07. The first-order valence-corrected chi connectivity index (χ1v) is 6.50. The normalized spacial score (nSPS) is 11.9. The summed E-state index contributed by atoms with van der Waals surface area (Å²) in [7, 11) is 0. The van der Waals surface area contributed by atoms with E-state index in [1.54, 1.807) is 24.3 Å². The molecular formula is C14H13FN2S. The van der Waals surface area contributed by atoms with Gasteiger partial charge in [-0.15, -0.1) is 11.3 Å². The van der Waals surface area contributed by atoms with Crippen molar-refractivity contribution >= 4 is 17.0 Å². The second-order valence-corrected chi connectivity index (χ2v) is 5.10. The first-order chi connectivity index (χ1) is 8.61. The van der Waals surface area contributed by atoms with E-state index in [2.05, 4.69) is 5.32 Å². The summed E-state index contributed by atoms with van der Waals surface area (Å²) < 4.78 is 13.6. The third kappa shape index (κ3) is 2.52. The summed E-state index contributed by atoms with van der Waals surface area (Å²) in [6, 6.07) is 9.02. The molecule has 2 rings (SSSR count). The van der Waals surface area contributed by atoms with Gasteiger partial charge in [0, 0.05) is 16.1 Å². The van der Waals surface area contributed by atoms with Gasteiger partial charge in [-0.05, 0) is 37.4 Å². The summed E-state index contributed by atoms with van der Waals surface area (Å²) in [4.78, 5) is 1.18. The Kier molecular flexibility index (Phi) is 3.63. The molecule has 1 unspecified atom stereocenters. The zero-order valence-corrected chi connectivity index (χ0v) is 11.0. The number of rotatable bonds is 3. The number of hydrogen-bond donors (Lipinski definition) is 1. The van der Waals surface area contributed by atoms with E-state index in [0.717, 1.165) is 0 Å². The van der Waals surface area contributed by atoms with E-state index in [9.17, 15) is 4.39 Å². The van der Waals surface area contributed by atoms with Gasteiger partial charge in [0.1, 0.15) is 5.82 Å². The lowest BCUT2D eigenvalue weighted by atomic mass is 10.1. The maximum absolute atomic E-state index is 13.6. The number of nitriles is 1. The molecule has 0 aliphatic rings. The van der Waals surface area contributed by atoms with Crippen LogP contribution in [0.15, 0.2) is 29.6 Å². The molecule has 0 amide bonds. The van der Waals surface area contributed by atoms with Gasteiger partial charge < -0.3 is 5.32 Å². The molecule has 1 aromatic carbocycles. The molecule has 0 radical (unpaired) electrons. The molecule has 0 saturated heterocycles. The Balaban J connectivity index is 2.29. The average Bonchev–Trinajstić information content (AvgIpc) is 2.88. The highest BCUT2D eigenvalue weighted by Crippen LogP contribution is 2.27. The van der Waals surface area contributed by atoms with Crippen molar-refractivity contribution in [2.24, 2.45) is 0 Å². The standard InChI is InChI=1S/C14H13FN2S/c1-9-12(15)6-11(8-16)7-13(9)17-10(2)14-4-3-5-18-14/h3-7,10,17H,1-2H3. The van der Waals surface area contributed by atoms with Crippen LogP contribution in [0.3, 0.4) is 0 Å². The first kappa shape index (κ1) is 12.6. The molecule has 1 heterocycles. The van der Waals surface area contributed by atoms with Crippen molar-refractivity contribution < 1.29 is 4.39 Å². The van der Waals surface area contributed by atoms with Crippen LogP contribution < -0.4 is 5.32 Å². The van der Waals surface area contributed by atoms with E-state index in [-0.39, 0.29) is 11.9 Å². The lowest BCUT2D eigenvalue weighted by Gasteiger charge is -2.16. The van der Waals surface area contributed by atoms with Crippen molar-refractivity contribution in [2.75, 3.05) is 5.32 Å². The molecule has 0 aliphatic heterocycles. The van der Waals surface area contributed by atoms with Gasteiger partial charge in [-0.1, -0.05) is 6.07 Å². The van der Waals surface area contributed by atoms with Crippen LogP contribution >= 0.6 is 11.3 Å². The van der Waals surface area contributed by atoms with Crippen molar-refractivity contribution in [3.05, 3.63) is 51.5 Å². The Hall–Kier alpha value is -1.86. The van der Waals surface area contributed by atoms with Gasteiger partial charge in [0.15, 0.2) is 0 Å². The van der Waals surface area contributed by atoms with Crippen LogP contribution in [0.1, 0.15) is 29.0 Å². The Labute approximate surface area is 110 Å². The molecule has 0 fully saturated rings. The largest absolute Gasteiger partial charge is 0.377 e. The predicted molar refractivity (Wildman–Crippen MR) is 72.2 cm³/mol. The predicted octanol–water partition coefficient (Wildman–Crippen LogP) is 4.24. The number of nitrogens with zero attached hydrogens (tertiary/aromatic N) is 1. The van der Waals surface area contributed by atoms with Crippen LogP contribution in [-0.4, -0.2) is 0 Å². The fraction of sp³-hybridized carbons (Fsp3) is 0.214. The molecule has 4 heteroatoms. The maximum atomic E-state index is 13.6. The van der Waals surface area contributed by atoms with Crippen LogP contribution in [0.25, 0.3) is 0 Å². The van der Waals surface area contributed by atoms with Crippen LogP contribution in [0.2, 0.25) is 0 Å². The van der Waals surface area contributed by atoms with Crippen LogP contribution in [0.4, 0.5) is 10.1 Å². The third-order valence-electron chi connectivity index (χ3n) is 2.82. The number of halogens is 1. The SMILES string of the molecule is Cc1c(F)cc(C#N)cc1NC(C)c1cccs1. The summed E-state index contributed by atoms with van der Waals surface area (Å²) in [5.41, 5.74) is 1.55. The molecule has 1 atom stereocenters. The van der Waals surface area contributed by atoms with Gasteiger partial charge >= 0.3 is 0 Å². The minimum atomic E-state index is -0.352. The zero-order chi connectivity index (χ0) is 13.1. The van der Waals surface area contributed by atoms with Gasteiger partial charge in [-0.25, -0.2) is 4.39 Å². The molecule has 92 valence electrons. The van der Waals surface area contributed by atoms with E-state index in [4.69, 9.17) is 5.26 Å². The summed E-state index contributed by atoms with van der Waals surface area (Å²) >= 11 is 1.65. The number of anilines is 1. The number of benzene rings is 1. The van der Waals surface area contributed by atoms with Gasteiger partial charge in [0.05, 0.1) is 17.7 Å². The minimum Gasteiger partial charge on any atom is -0.377 e. The summed E-state index contributed by atoms with van der Waals surface area (Å²) in [5, 5.41) is 14.1. The number of hydrogen-bond acceptors (Lipinski definition) is 3. The van der Waals surface area contributed by atoms with Crippen molar-refractivity contribution in [1.29, 1.82) is 5.26 Å². The second kappa shape index (κ2) is 5.19. The Morgan fingerprint density at radius 3 is 2.83 bits per heavy atom. The van der Waals surface area contributed by atoms with Crippen molar-refractivity contribution in [3.63, 3.8) is 0 Å². The van der Waals surface area contributed by atoms with E-state index in [1.165, 1.54) is 10.9 Å². The molecule has 1 aromatic heterocycles. The Morgan fingerprint density at radius 2 is 2.22 bits per heavy atom. The fourth-order valence-corrected chi connectivity index (χ4v) is 2.47. The highest BCUT2D eigenvalue weighted by Gasteiger charge is 2.11. The lowest BCUT2D eigenvalue weighted by molar-refractivity contribution is 0.618. The van der Waals surface area contributed by atoms with E-state index >= 15 is 0 Å². The Morgan fingerprint density at radius 1 is 1.44 bits per heavy atom. The second-order valence-electron chi connectivity index (χ2n) is 4.12. The number of thiophene rings is 1. The molecule has 0 spiro atoms. The molecule has 2 nitrogen and oxygen atoms in total. The molecule has 0 saturated carbocycles. The van der Waals surface area contributed by atoms with E-state index in [1.807, 2.05) is 30.5 Å². The Bertz CT molecular complexity index is 585. The van der Waals surface area contributed by atoms with Gasteiger partial charge in [0.25, 0.3) is 0 Å². The smallest absolute Gasteiger partial charge is 0.129 e. The van der Waals surface area contributed by atoms with Crippen molar-refractivity contribution in [1.82, 2.24) is 0 Å². The zero-order valence-electron chi connectivity index (χ0n) is 10.2. The fourth-order valence-electron chi connectivity index (χ4n) is 1.74. The maximum Gasteiger partial charge on any atom is 0.129 e. The van der Waals surface area contributed by atoms with Gasteiger partial charge in [-0.3, -0.25) is 0 Å². The monoisotopic (exact) mass is 260 g/mol. The van der Waals surface area contributed by atoms with E-state index < -0.39 is 0 Å². The topological polar surface area (TPSA) is 35.8 Å². The van der Waals surface area contributed by atoms with Crippen LogP contribution in [0.5, 0.6) is 0 Å². The molecule has 0 bridgehead atoms. The molecule has 18 heavy (non-hydrogen) atoms. The minimum absolute atomic E-state index is 0.0945. The molecular weight excluding hydrogens is 247 g/mol. The number of nitrogens with one attached hydrogen (secondary N) is 1. The summed E-state index contributed by atoms with van der Waals surface area (Å²) in [6.45, 7) is 3.72. The van der Waals surface area contributed by atoms with E-state index in [0.29, 0.717) is 16.8 Å². The highest BCUT2D eigenvalue weighted by atomic mass is 32.1. The van der Waals surface area contributed by atoms with Gasteiger partial charge in [-0.2, -0.15) is 5.26 Å². The molecule has 1 N–H and O–H groups in total. The summed E-state index contributed by atoms with van der Waals surface area (Å²) in [5.74, 6) is -0.352. The summed E-state index contributed by atoms with van der Waals surface area (Å²) in [6.07, 6.45) is 0. The molecule has 0 aliphatic carbocycles. The van der Waals surface area contributed by atoms with Gasteiger partial charge in [0.2, 0.25) is 0 Å². The van der Waals surface area contributed by atoms with Crippen molar-refractivity contribution in [3.8, 4) is 6.07 Å². The average molecular weight is 260 g/mol. The first-order valence-electron chi connectivity index (χ1n) is 5.62. The van der Waals surface area contributed by atoms with Crippen LogP contribution in [-0.2, 0) is 0 Å². The highest BCUT2D eigenvalue weighted by molar-refractivity contribution is 7.10. The molecule has 2 aromatic rings. The van der Waals surface area contributed by atoms with Crippen molar-refractivity contribution in [2.45, 2.75) is 19.9 Å². The quantitative estimate of drug-likeness (QED) is 0.896.